The summed E-state index contributed by atoms with van der Waals surface area (Å²) >= 11 is 0. The van der Waals surface area contributed by atoms with Crippen LogP contribution in [0.15, 0.2) is 24.8 Å². The Bertz CT molecular complexity index is 436. The maximum absolute atomic E-state index is 13.8. The molecule has 5 heteroatoms. The van der Waals surface area contributed by atoms with E-state index in [1.165, 1.54) is 12.1 Å². The van der Waals surface area contributed by atoms with Crippen molar-refractivity contribution in [3.63, 3.8) is 0 Å². The summed E-state index contributed by atoms with van der Waals surface area (Å²) < 4.78 is 49.7. The van der Waals surface area contributed by atoms with E-state index >= 15 is 0 Å². The molecule has 0 atom stereocenters. The van der Waals surface area contributed by atoms with Crippen molar-refractivity contribution in [1.82, 2.24) is 0 Å². The van der Waals surface area contributed by atoms with E-state index in [1.807, 2.05) is 0 Å². The smallest absolute Gasteiger partial charge is 0.204 e. The van der Waals surface area contributed by atoms with Gasteiger partial charge >= 0.3 is 0 Å². The summed E-state index contributed by atoms with van der Waals surface area (Å²) in [5.74, 6) is -2.37. The van der Waals surface area contributed by atoms with Gasteiger partial charge in [-0.3, -0.25) is 4.39 Å². The number of halogens is 3. The topological polar surface area (TPSA) is 18.5 Å². The molecule has 21 heavy (non-hydrogen) atoms. The first-order valence-corrected chi connectivity index (χ1v) is 7.11. The second kappa shape index (κ2) is 10.1. The van der Waals surface area contributed by atoms with Gasteiger partial charge in [0.2, 0.25) is 11.6 Å². The van der Waals surface area contributed by atoms with Crippen molar-refractivity contribution in [3.8, 4) is 11.5 Å². The molecule has 118 valence electrons. The lowest BCUT2D eigenvalue weighted by Crippen LogP contribution is -2.04. The minimum absolute atomic E-state index is 0.124. The maximum atomic E-state index is 13.8. The van der Waals surface area contributed by atoms with Gasteiger partial charge in [0.25, 0.3) is 0 Å². The number of unbranched alkanes of at least 4 members (excludes halogenated alkanes) is 3. The van der Waals surface area contributed by atoms with Gasteiger partial charge in [-0.15, -0.1) is 6.58 Å². The number of rotatable bonds is 11. The lowest BCUT2D eigenvalue weighted by atomic mass is 10.2. The van der Waals surface area contributed by atoms with Gasteiger partial charge in [-0.25, -0.2) is 0 Å². The van der Waals surface area contributed by atoms with Crippen LogP contribution in [-0.2, 0) is 0 Å². The van der Waals surface area contributed by atoms with Crippen molar-refractivity contribution in [3.05, 3.63) is 36.4 Å². The van der Waals surface area contributed by atoms with Crippen LogP contribution in [0.4, 0.5) is 13.2 Å². The monoisotopic (exact) mass is 302 g/mol. The molecule has 0 aromatic heterocycles. The van der Waals surface area contributed by atoms with Crippen LogP contribution < -0.4 is 9.47 Å². The van der Waals surface area contributed by atoms with Crippen molar-refractivity contribution >= 4 is 0 Å². The van der Waals surface area contributed by atoms with Crippen molar-refractivity contribution in [2.24, 2.45) is 0 Å². The molecule has 0 spiro atoms. The molecule has 0 unspecified atom stereocenters. The van der Waals surface area contributed by atoms with Crippen LogP contribution >= 0.6 is 0 Å². The third kappa shape index (κ3) is 6.10. The zero-order valence-electron chi connectivity index (χ0n) is 12.0. The Labute approximate surface area is 123 Å². The predicted molar refractivity (Wildman–Crippen MR) is 76.6 cm³/mol. The van der Waals surface area contributed by atoms with Crippen LogP contribution in [0.25, 0.3) is 0 Å². The fraction of sp³-hybridized carbons (Fsp3) is 0.500. The lowest BCUT2D eigenvalue weighted by molar-refractivity contribution is 0.268. The molecular formula is C16H21F3O2. The van der Waals surface area contributed by atoms with Gasteiger partial charge in [0.05, 0.1) is 19.9 Å². The molecule has 1 aromatic rings. The molecule has 0 amide bonds. The zero-order valence-corrected chi connectivity index (χ0v) is 12.0. The Kier molecular flexibility index (Phi) is 8.40. The number of hydrogen-bond donors (Lipinski definition) is 0. The van der Waals surface area contributed by atoms with E-state index < -0.39 is 11.6 Å². The molecule has 0 saturated carbocycles. The molecular weight excluding hydrogens is 281 g/mol. The van der Waals surface area contributed by atoms with Gasteiger partial charge in [0, 0.05) is 0 Å². The number of alkyl halides is 1. The van der Waals surface area contributed by atoms with E-state index in [0.717, 1.165) is 6.42 Å². The van der Waals surface area contributed by atoms with E-state index in [0.29, 0.717) is 32.3 Å². The van der Waals surface area contributed by atoms with Crippen LogP contribution in [0.2, 0.25) is 0 Å². The van der Waals surface area contributed by atoms with Crippen LogP contribution in [0.3, 0.4) is 0 Å². The van der Waals surface area contributed by atoms with Gasteiger partial charge in [0.1, 0.15) is 0 Å². The Morgan fingerprint density at radius 3 is 2.00 bits per heavy atom. The largest absolute Gasteiger partial charge is 0.490 e. The number of ether oxygens (including phenoxy) is 2. The van der Waals surface area contributed by atoms with E-state index in [4.69, 9.17) is 9.47 Å². The maximum Gasteiger partial charge on any atom is 0.204 e. The Balaban J connectivity index is 2.48. The Hall–Kier alpha value is -1.65. The Morgan fingerprint density at radius 1 is 0.905 bits per heavy atom. The number of hydrogen-bond acceptors (Lipinski definition) is 2. The molecule has 0 aliphatic rings. The molecule has 0 heterocycles. The van der Waals surface area contributed by atoms with Crippen LogP contribution in [0, 0.1) is 11.6 Å². The summed E-state index contributed by atoms with van der Waals surface area (Å²) in [5.41, 5.74) is 0. The molecule has 2 nitrogen and oxygen atoms in total. The first-order chi connectivity index (χ1) is 10.2. The molecule has 0 fully saturated rings. The van der Waals surface area contributed by atoms with Crippen molar-refractivity contribution < 1.29 is 22.6 Å². The Morgan fingerprint density at radius 2 is 1.48 bits per heavy atom. The SMILES string of the molecule is C=CCCCOc1ccc(OCCCCCF)c(F)c1F. The molecule has 0 aliphatic carbocycles. The molecule has 0 aliphatic heterocycles. The minimum Gasteiger partial charge on any atom is -0.490 e. The summed E-state index contributed by atoms with van der Waals surface area (Å²) in [6.45, 7) is 3.72. The highest BCUT2D eigenvalue weighted by molar-refractivity contribution is 5.35. The van der Waals surface area contributed by atoms with E-state index in [-0.39, 0.29) is 24.8 Å². The highest BCUT2D eigenvalue weighted by Crippen LogP contribution is 2.27. The summed E-state index contributed by atoms with van der Waals surface area (Å²) in [6, 6.07) is 2.69. The zero-order chi connectivity index (χ0) is 15.5. The molecule has 0 bridgehead atoms. The first kappa shape index (κ1) is 17.4. The second-order valence-corrected chi connectivity index (χ2v) is 4.57. The van der Waals surface area contributed by atoms with Crippen molar-refractivity contribution in [2.75, 3.05) is 19.9 Å². The van der Waals surface area contributed by atoms with Gasteiger partial charge < -0.3 is 9.47 Å². The minimum atomic E-state index is -1.05. The fourth-order valence-electron chi connectivity index (χ4n) is 1.70. The van der Waals surface area contributed by atoms with E-state index in [2.05, 4.69) is 6.58 Å². The normalized spacial score (nSPS) is 10.4. The van der Waals surface area contributed by atoms with Crippen LogP contribution in [-0.4, -0.2) is 19.9 Å². The standard InChI is InChI=1S/C16H21F3O2/c1-2-3-6-11-20-13-8-9-14(16(19)15(13)18)21-12-7-4-5-10-17/h2,8-9H,1,3-7,10-12H2. The van der Waals surface area contributed by atoms with Crippen molar-refractivity contribution in [2.45, 2.75) is 32.1 Å². The van der Waals surface area contributed by atoms with Gasteiger partial charge in [-0.2, -0.15) is 8.78 Å². The average Bonchev–Trinajstić information content (AvgIpc) is 2.49. The summed E-state index contributed by atoms with van der Waals surface area (Å²) in [5, 5.41) is 0. The van der Waals surface area contributed by atoms with Gasteiger partial charge in [0.15, 0.2) is 11.5 Å². The van der Waals surface area contributed by atoms with Crippen LogP contribution in [0.1, 0.15) is 32.1 Å². The molecule has 0 N–H and O–H groups in total. The molecule has 1 aromatic carbocycles. The summed E-state index contributed by atoms with van der Waals surface area (Å²) in [7, 11) is 0. The van der Waals surface area contributed by atoms with E-state index in [9.17, 15) is 13.2 Å². The summed E-state index contributed by atoms with van der Waals surface area (Å²) in [6.07, 6.45) is 4.90. The summed E-state index contributed by atoms with van der Waals surface area (Å²) in [4.78, 5) is 0. The van der Waals surface area contributed by atoms with Gasteiger partial charge in [-0.1, -0.05) is 6.08 Å². The van der Waals surface area contributed by atoms with Crippen molar-refractivity contribution in [1.29, 1.82) is 0 Å². The highest BCUT2D eigenvalue weighted by atomic mass is 19.2. The molecule has 1 rings (SSSR count). The third-order valence-electron chi connectivity index (χ3n) is 2.86. The second-order valence-electron chi connectivity index (χ2n) is 4.57. The van der Waals surface area contributed by atoms with E-state index in [1.54, 1.807) is 6.08 Å². The number of benzene rings is 1. The average molecular weight is 302 g/mol. The third-order valence-corrected chi connectivity index (χ3v) is 2.86. The molecule has 0 saturated heterocycles. The predicted octanol–water partition coefficient (Wildman–Crippen LogP) is 4.83. The quantitative estimate of drug-likeness (QED) is 0.430. The van der Waals surface area contributed by atoms with Gasteiger partial charge in [-0.05, 0) is 44.2 Å². The first-order valence-electron chi connectivity index (χ1n) is 7.11. The fourth-order valence-corrected chi connectivity index (χ4v) is 1.70. The lowest BCUT2D eigenvalue weighted by Gasteiger charge is -2.11. The molecule has 0 radical (unpaired) electrons. The van der Waals surface area contributed by atoms with Crippen LogP contribution in [0.5, 0.6) is 11.5 Å². The number of allylic oxidation sites excluding steroid dienone is 1. The highest BCUT2D eigenvalue weighted by Gasteiger charge is 2.15.